The van der Waals surface area contributed by atoms with Gasteiger partial charge in [0, 0.05) is 0 Å². The largest absolute Gasteiger partial charge is 0.394 e. The van der Waals surface area contributed by atoms with Crippen LogP contribution in [0, 0.1) is 18.8 Å². The van der Waals surface area contributed by atoms with Crippen molar-refractivity contribution in [2.45, 2.75) is 51.6 Å². The molecule has 1 saturated carbocycles. The van der Waals surface area contributed by atoms with Gasteiger partial charge in [-0.2, -0.15) is 0 Å². The maximum absolute atomic E-state index is 12.4. The third-order valence-electron chi connectivity index (χ3n) is 5.24. The molecule has 3 N–H and O–H groups in total. The average molecular weight is 302 g/mol. The maximum atomic E-state index is 12.4. The van der Waals surface area contributed by atoms with Crippen molar-refractivity contribution in [3.8, 4) is 0 Å². The molecule has 1 fully saturated rings. The molecule has 120 valence electrons. The van der Waals surface area contributed by atoms with E-state index in [-0.39, 0.29) is 18.7 Å². The summed E-state index contributed by atoms with van der Waals surface area (Å²) < 4.78 is 0. The van der Waals surface area contributed by atoms with E-state index in [2.05, 4.69) is 42.7 Å². The van der Waals surface area contributed by atoms with Crippen molar-refractivity contribution in [2.75, 3.05) is 6.61 Å². The molecule has 4 nitrogen and oxygen atoms in total. The van der Waals surface area contributed by atoms with Crippen LogP contribution in [0.1, 0.15) is 49.4 Å². The molecular formula is C18H26N2O2. The van der Waals surface area contributed by atoms with E-state index in [0.717, 1.165) is 19.3 Å². The number of carbonyl (C=O) groups excluding carboxylic acids is 1. The standard InChI is InChI=1S/C18H26N2O2/c1-11-4-5-13-9-12(2)16(15(13)8-11)19-17(22)20-18(3,10-21)14-6-7-14/h4-5,8,12,14,16,21H,6-7,9-10H2,1-3H3,(H2,19,20,22). The molecular weight excluding hydrogens is 276 g/mol. The first kappa shape index (κ1) is 15.3. The first-order valence-electron chi connectivity index (χ1n) is 8.22. The SMILES string of the molecule is Cc1ccc2c(c1)C(NC(=O)NC(C)(CO)C1CC1)C(C)C2. The summed E-state index contributed by atoms with van der Waals surface area (Å²) in [7, 11) is 0. The number of aryl methyl sites for hydroxylation is 1. The third kappa shape index (κ3) is 2.84. The number of aliphatic hydroxyl groups is 1. The molecule has 0 aromatic heterocycles. The van der Waals surface area contributed by atoms with Crippen molar-refractivity contribution in [3.05, 3.63) is 34.9 Å². The predicted molar refractivity (Wildman–Crippen MR) is 86.7 cm³/mol. The molecule has 0 spiro atoms. The van der Waals surface area contributed by atoms with Crippen molar-refractivity contribution in [3.63, 3.8) is 0 Å². The van der Waals surface area contributed by atoms with Crippen LogP contribution in [0.4, 0.5) is 4.79 Å². The summed E-state index contributed by atoms with van der Waals surface area (Å²) in [5, 5.41) is 15.7. The van der Waals surface area contributed by atoms with Gasteiger partial charge in [-0.05, 0) is 56.1 Å². The number of urea groups is 1. The lowest BCUT2D eigenvalue weighted by atomic mass is 9.97. The Bertz CT molecular complexity index is 582. The minimum absolute atomic E-state index is 0.0129. The quantitative estimate of drug-likeness (QED) is 0.801. The van der Waals surface area contributed by atoms with Gasteiger partial charge >= 0.3 is 6.03 Å². The highest BCUT2D eigenvalue weighted by molar-refractivity contribution is 5.75. The number of carbonyl (C=O) groups is 1. The average Bonchev–Trinajstić information content (AvgIpc) is 3.28. The zero-order chi connectivity index (χ0) is 15.9. The van der Waals surface area contributed by atoms with Gasteiger partial charge in [-0.1, -0.05) is 30.7 Å². The number of benzene rings is 1. The van der Waals surface area contributed by atoms with Crippen LogP contribution < -0.4 is 10.6 Å². The Morgan fingerprint density at radius 3 is 2.77 bits per heavy atom. The van der Waals surface area contributed by atoms with Gasteiger partial charge in [-0.15, -0.1) is 0 Å². The summed E-state index contributed by atoms with van der Waals surface area (Å²) in [6.45, 7) is 6.17. The predicted octanol–water partition coefficient (Wildman–Crippen LogP) is 2.69. The molecule has 2 aliphatic rings. The Labute approximate surface area is 132 Å². The Morgan fingerprint density at radius 1 is 1.41 bits per heavy atom. The molecule has 0 aliphatic heterocycles. The van der Waals surface area contributed by atoms with Gasteiger partial charge in [-0.25, -0.2) is 4.79 Å². The van der Waals surface area contributed by atoms with Gasteiger partial charge in [0.1, 0.15) is 0 Å². The third-order valence-corrected chi connectivity index (χ3v) is 5.24. The molecule has 0 heterocycles. The minimum atomic E-state index is -0.499. The molecule has 3 rings (SSSR count). The minimum Gasteiger partial charge on any atom is -0.394 e. The summed E-state index contributed by atoms with van der Waals surface area (Å²) in [6, 6.07) is 6.36. The number of aliphatic hydroxyl groups excluding tert-OH is 1. The first-order valence-corrected chi connectivity index (χ1v) is 8.22. The fourth-order valence-corrected chi connectivity index (χ4v) is 3.61. The van der Waals surface area contributed by atoms with Crippen LogP contribution in [-0.4, -0.2) is 23.3 Å². The van der Waals surface area contributed by atoms with Crippen LogP contribution in [0.25, 0.3) is 0 Å². The van der Waals surface area contributed by atoms with E-state index >= 15 is 0 Å². The maximum Gasteiger partial charge on any atom is 0.315 e. The zero-order valence-corrected chi connectivity index (χ0v) is 13.6. The van der Waals surface area contributed by atoms with Gasteiger partial charge in [0.2, 0.25) is 0 Å². The summed E-state index contributed by atoms with van der Waals surface area (Å²) in [5.41, 5.74) is 3.29. The van der Waals surface area contributed by atoms with Gasteiger partial charge in [-0.3, -0.25) is 0 Å². The van der Waals surface area contributed by atoms with E-state index in [1.165, 1.54) is 16.7 Å². The Morgan fingerprint density at radius 2 is 2.14 bits per heavy atom. The second-order valence-electron chi connectivity index (χ2n) is 7.31. The molecule has 1 aromatic rings. The van der Waals surface area contributed by atoms with Crippen molar-refractivity contribution in [1.29, 1.82) is 0 Å². The Kier molecular flexibility index (Phi) is 3.89. The van der Waals surface area contributed by atoms with Gasteiger partial charge in [0.25, 0.3) is 0 Å². The van der Waals surface area contributed by atoms with Gasteiger partial charge < -0.3 is 15.7 Å². The normalized spacial score (nSPS) is 26.2. The molecule has 4 heteroatoms. The molecule has 2 amide bonds. The van der Waals surface area contributed by atoms with Gasteiger partial charge in [0.05, 0.1) is 18.2 Å². The van der Waals surface area contributed by atoms with Crippen molar-refractivity contribution in [2.24, 2.45) is 11.8 Å². The summed E-state index contributed by atoms with van der Waals surface area (Å²) in [4.78, 5) is 12.4. The van der Waals surface area contributed by atoms with E-state index in [9.17, 15) is 9.90 Å². The molecule has 3 unspecified atom stereocenters. The number of hydrogen-bond acceptors (Lipinski definition) is 2. The van der Waals surface area contributed by atoms with Crippen LogP contribution in [0.5, 0.6) is 0 Å². The van der Waals surface area contributed by atoms with Crippen molar-refractivity contribution < 1.29 is 9.90 Å². The Hall–Kier alpha value is -1.55. The van der Waals surface area contributed by atoms with E-state index < -0.39 is 5.54 Å². The number of nitrogens with one attached hydrogen (secondary N) is 2. The first-order chi connectivity index (χ1) is 10.4. The monoisotopic (exact) mass is 302 g/mol. The van der Waals surface area contributed by atoms with E-state index in [0.29, 0.717) is 11.8 Å². The lowest BCUT2D eigenvalue weighted by Gasteiger charge is -2.30. The molecule has 0 saturated heterocycles. The van der Waals surface area contributed by atoms with Crippen LogP contribution in [0.15, 0.2) is 18.2 Å². The smallest absolute Gasteiger partial charge is 0.315 e. The number of amides is 2. The van der Waals surface area contributed by atoms with Crippen LogP contribution in [-0.2, 0) is 6.42 Å². The van der Waals surface area contributed by atoms with Gasteiger partial charge in [0.15, 0.2) is 0 Å². The summed E-state index contributed by atoms with van der Waals surface area (Å²) >= 11 is 0. The highest BCUT2D eigenvalue weighted by Gasteiger charge is 2.42. The van der Waals surface area contributed by atoms with E-state index in [1.807, 2.05) is 6.92 Å². The highest BCUT2D eigenvalue weighted by atomic mass is 16.3. The molecule has 3 atom stereocenters. The van der Waals surface area contributed by atoms with E-state index in [4.69, 9.17) is 0 Å². The van der Waals surface area contributed by atoms with Crippen LogP contribution in [0.2, 0.25) is 0 Å². The molecule has 0 radical (unpaired) electrons. The summed E-state index contributed by atoms with van der Waals surface area (Å²) in [6.07, 6.45) is 3.17. The fourth-order valence-electron chi connectivity index (χ4n) is 3.61. The topological polar surface area (TPSA) is 61.4 Å². The number of rotatable bonds is 4. The van der Waals surface area contributed by atoms with Crippen LogP contribution >= 0.6 is 0 Å². The van der Waals surface area contributed by atoms with Crippen molar-refractivity contribution >= 4 is 6.03 Å². The van der Waals surface area contributed by atoms with Crippen LogP contribution in [0.3, 0.4) is 0 Å². The second kappa shape index (κ2) is 5.58. The fraction of sp³-hybridized carbons (Fsp3) is 0.611. The molecule has 0 bridgehead atoms. The summed E-state index contributed by atoms with van der Waals surface area (Å²) in [5.74, 6) is 0.794. The second-order valence-corrected chi connectivity index (χ2v) is 7.31. The number of fused-ring (bicyclic) bond motifs is 1. The van der Waals surface area contributed by atoms with Crippen molar-refractivity contribution in [1.82, 2.24) is 10.6 Å². The lowest BCUT2D eigenvalue weighted by molar-refractivity contribution is 0.153. The zero-order valence-electron chi connectivity index (χ0n) is 13.6. The van der Waals surface area contributed by atoms with E-state index in [1.54, 1.807) is 0 Å². The molecule has 2 aliphatic carbocycles. The number of hydrogen-bond donors (Lipinski definition) is 3. The molecule has 1 aromatic carbocycles. The Balaban J connectivity index is 1.71. The lowest BCUT2D eigenvalue weighted by Crippen LogP contribution is -2.54. The highest BCUT2D eigenvalue weighted by Crippen LogP contribution is 2.40. The molecule has 22 heavy (non-hydrogen) atoms.